The fourth-order valence-electron chi connectivity index (χ4n) is 2.23. The molecule has 0 aliphatic carbocycles. The van der Waals surface area contributed by atoms with Gasteiger partial charge in [-0.25, -0.2) is 0 Å². The van der Waals surface area contributed by atoms with E-state index in [0.717, 1.165) is 13.0 Å². The molecular weight excluding hydrogens is 216 g/mol. The summed E-state index contributed by atoms with van der Waals surface area (Å²) in [6.45, 7) is 9.54. The van der Waals surface area contributed by atoms with Gasteiger partial charge in [0.25, 0.3) is 0 Å². The average molecular weight is 240 g/mol. The fraction of sp³-hybridized carbons (Fsp3) is 0.846. The highest BCUT2D eigenvalue weighted by molar-refractivity contribution is 6.03. The first-order valence-corrected chi connectivity index (χ1v) is 6.58. The maximum Gasteiger partial charge on any atom is 0.232 e. The van der Waals surface area contributed by atoms with Crippen LogP contribution >= 0.6 is 0 Å². The molecule has 1 fully saturated rings. The van der Waals surface area contributed by atoms with Crippen LogP contribution in [0.1, 0.15) is 40.5 Å². The van der Waals surface area contributed by atoms with E-state index in [0.29, 0.717) is 18.9 Å². The number of nitrogens with zero attached hydrogens (tertiary/aromatic N) is 1. The number of rotatable bonds is 6. The molecule has 4 heteroatoms. The molecule has 3 unspecified atom stereocenters. The topological polar surface area (TPSA) is 49.4 Å². The standard InChI is InChI=1S/C13H24N2O2/c1-5-9(3)11(14-6-2)8-15-12(16)7-10(4)13(15)17/h9-11,14H,5-8H2,1-4H3. The van der Waals surface area contributed by atoms with E-state index in [4.69, 9.17) is 0 Å². The predicted octanol–water partition coefficient (Wildman–Crippen LogP) is 1.41. The fourth-order valence-corrected chi connectivity index (χ4v) is 2.23. The molecule has 17 heavy (non-hydrogen) atoms. The molecule has 0 aromatic carbocycles. The van der Waals surface area contributed by atoms with Crippen LogP contribution in [-0.2, 0) is 9.59 Å². The van der Waals surface area contributed by atoms with Crippen molar-refractivity contribution in [1.29, 1.82) is 0 Å². The highest BCUT2D eigenvalue weighted by Gasteiger charge is 2.37. The van der Waals surface area contributed by atoms with Crippen LogP contribution in [0.4, 0.5) is 0 Å². The normalized spacial score (nSPS) is 24.2. The molecular formula is C13H24N2O2. The van der Waals surface area contributed by atoms with Crippen molar-refractivity contribution in [2.45, 2.75) is 46.6 Å². The van der Waals surface area contributed by atoms with Crippen molar-refractivity contribution >= 4 is 11.8 Å². The number of carbonyl (C=O) groups is 2. The summed E-state index contributed by atoms with van der Waals surface area (Å²) in [6.07, 6.45) is 1.42. The molecule has 98 valence electrons. The zero-order valence-corrected chi connectivity index (χ0v) is 11.3. The number of likely N-dealkylation sites (N-methyl/N-ethyl adjacent to an activating group) is 1. The summed E-state index contributed by atoms with van der Waals surface area (Å²) in [7, 11) is 0. The Morgan fingerprint density at radius 1 is 1.41 bits per heavy atom. The smallest absolute Gasteiger partial charge is 0.232 e. The summed E-state index contributed by atoms with van der Waals surface area (Å²) < 4.78 is 0. The molecule has 1 heterocycles. The Labute approximate surface area is 104 Å². The summed E-state index contributed by atoms with van der Waals surface area (Å²) >= 11 is 0. The number of likely N-dealkylation sites (tertiary alicyclic amines) is 1. The summed E-state index contributed by atoms with van der Waals surface area (Å²) in [4.78, 5) is 25.0. The Bertz CT molecular complexity index is 291. The lowest BCUT2D eigenvalue weighted by Crippen LogP contribution is -2.46. The number of carbonyl (C=O) groups excluding carboxylic acids is 2. The molecule has 0 radical (unpaired) electrons. The second kappa shape index (κ2) is 6.15. The Hall–Kier alpha value is -0.900. The van der Waals surface area contributed by atoms with Crippen molar-refractivity contribution in [3.63, 3.8) is 0 Å². The highest BCUT2D eigenvalue weighted by atomic mass is 16.2. The molecule has 2 amide bonds. The Morgan fingerprint density at radius 2 is 2.06 bits per heavy atom. The molecule has 0 bridgehead atoms. The predicted molar refractivity (Wildman–Crippen MR) is 67.4 cm³/mol. The largest absolute Gasteiger partial charge is 0.312 e. The van der Waals surface area contributed by atoms with Gasteiger partial charge in [0.05, 0.1) is 0 Å². The monoisotopic (exact) mass is 240 g/mol. The SMILES string of the molecule is CCNC(CN1C(=O)CC(C)C1=O)C(C)CC. The first-order chi connectivity index (χ1) is 8.01. The van der Waals surface area contributed by atoms with Crippen LogP contribution in [0, 0.1) is 11.8 Å². The van der Waals surface area contributed by atoms with Gasteiger partial charge < -0.3 is 5.32 Å². The van der Waals surface area contributed by atoms with E-state index >= 15 is 0 Å². The van der Waals surface area contributed by atoms with Crippen LogP contribution in [0.15, 0.2) is 0 Å². The van der Waals surface area contributed by atoms with Crippen LogP contribution in [0.25, 0.3) is 0 Å². The summed E-state index contributed by atoms with van der Waals surface area (Å²) in [6, 6.07) is 0.211. The number of nitrogens with one attached hydrogen (secondary N) is 1. The Morgan fingerprint density at radius 3 is 2.47 bits per heavy atom. The van der Waals surface area contributed by atoms with E-state index in [2.05, 4.69) is 19.2 Å². The third kappa shape index (κ3) is 3.28. The van der Waals surface area contributed by atoms with E-state index in [1.807, 2.05) is 13.8 Å². The van der Waals surface area contributed by atoms with E-state index in [1.165, 1.54) is 4.90 Å². The van der Waals surface area contributed by atoms with Crippen LogP contribution in [0.3, 0.4) is 0 Å². The van der Waals surface area contributed by atoms with Crippen molar-refractivity contribution < 1.29 is 9.59 Å². The van der Waals surface area contributed by atoms with Gasteiger partial charge in [0.2, 0.25) is 11.8 Å². The lowest BCUT2D eigenvalue weighted by Gasteiger charge is -2.27. The van der Waals surface area contributed by atoms with Gasteiger partial charge >= 0.3 is 0 Å². The summed E-state index contributed by atoms with van der Waals surface area (Å²) in [5.41, 5.74) is 0. The van der Waals surface area contributed by atoms with Gasteiger partial charge in [-0.2, -0.15) is 0 Å². The van der Waals surface area contributed by atoms with Gasteiger partial charge in [0, 0.05) is 24.9 Å². The van der Waals surface area contributed by atoms with E-state index in [-0.39, 0.29) is 23.8 Å². The lowest BCUT2D eigenvalue weighted by atomic mass is 9.98. The minimum absolute atomic E-state index is 0.0128. The van der Waals surface area contributed by atoms with Crippen molar-refractivity contribution in [3.8, 4) is 0 Å². The first kappa shape index (κ1) is 14.2. The number of imide groups is 1. The second-order valence-electron chi connectivity index (χ2n) is 5.00. The second-order valence-corrected chi connectivity index (χ2v) is 5.00. The summed E-state index contributed by atoms with van der Waals surface area (Å²) in [5.74, 6) is 0.295. The number of amides is 2. The van der Waals surface area contributed by atoms with Crippen LogP contribution < -0.4 is 5.32 Å². The zero-order chi connectivity index (χ0) is 13.0. The molecule has 1 aliphatic rings. The van der Waals surface area contributed by atoms with Crippen LogP contribution in [-0.4, -0.2) is 35.8 Å². The third-order valence-corrected chi connectivity index (χ3v) is 3.65. The quantitative estimate of drug-likeness (QED) is 0.714. The molecule has 0 aromatic rings. The molecule has 0 saturated carbocycles. The van der Waals surface area contributed by atoms with E-state index in [9.17, 15) is 9.59 Å². The molecule has 0 aromatic heterocycles. The minimum atomic E-state index is -0.137. The Kier molecular flexibility index (Phi) is 5.12. The molecule has 1 N–H and O–H groups in total. The summed E-state index contributed by atoms with van der Waals surface area (Å²) in [5, 5.41) is 3.37. The van der Waals surface area contributed by atoms with Crippen molar-refractivity contribution in [2.24, 2.45) is 11.8 Å². The van der Waals surface area contributed by atoms with Crippen LogP contribution in [0.2, 0.25) is 0 Å². The van der Waals surface area contributed by atoms with Gasteiger partial charge in [0.1, 0.15) is 0 Å². The maximum atomic E-state index is 11.8. The van der Waals surface area contributed by atoms with Gasteiger partial charge in [-0.15, -0.1) is 0 Å². The van der Waals surface area contributed by atoms with Crippen molar-refractivity contribution in [2.75, 3.05) is 13.1 Å². The van der Waals surface area contributed by atoms with E-state index in [1.54, 1.807) is 0 Å². The number of hydrogen-bond donors (Lipinski definition) is 1. The van der Waals surface area contributed by atoms with Gasteiger partial charge in [0.15, 0.2) is 0 Å². The van der Waals surface area contributed by atoms with Crippen molar-refractivity contribution in [1.82, 2.24) is 10.2 Å². The zero-order valence-electron chi connectivity index (χ0n) is 11.3. The first-order valence-electron chi connectivity index (χ1n) is 6.58. The third-order valence-electron chi connectivity index (χ3n) is 3.65. The van der Waals surface area contributed by atoms with E-state index < -0.39 is 0 Å². The van der Waals surface area contributed by atoms with Crippen LogP contribution in [0.5, 0.6) is 0 Å². The maximum absolute atomic E-state index is 11.8. The van der Waals surface area contributed by atoms with Gasteiger partial charge in [-0.3, -0.25) is 14.5 Å². The Balaban J connectivity index is 2.66. The number of hydrogen-bond acceptors (Lipinski definition) is 3. The van der Waals surface area contributed by atoms with Crippen molar-refractivity contribution in [3.05, 3.63) is 0 Å². The molecule has 1 rings (SSSR count). The molecule has 1 aliphatic heterocycles. The van der Waals surface area contributed by atoms with Gasteiger partial charge in [-0.1, -0.05) is 34.1 Å². The minimum Gasteiger partial charge on any atom is -0.312 e. The average Bonchev–Trinajstić information content (AvgIpc) is 2.54. The lowest BCUT2D eigenvalue weighted by molar-refractivity contribution is -0.139. The molecule has 1 saturated heterocycles. The molecule has 4 nitrogen and oxygen atoms in total. The molecule has 3 atom stereocenters. The molecule has 0 spiro atoms. The van der Waals surface area contributed by atoms with Gasteiger partial charge in [-0.05, 0) is 12.5 Å². The highest BCUT2D eigenvalue weighted by Crippen LogP contribution is 2.20.